The fourth-order valence-electron chi connectivity index (χ4n) is 7.67. The molecule has 1 aliphatic heterocycles. The zero-order valence-electron chi connectivity index (χ0n) is 36.0. The fraction of sp³-hybridized carbons (Fsp3) is 0.391. The van der Waals surface area contributed by atoms with E-state index < -0.39 is 58.9 Å². The Morgan fingerprint density at radius 1 is 0.848 bits per heavy atom. The summed E-state index contributed by atoms with van der Waals surface area (Å²) in [4.78, 5) is 28.7. The number of ether oxygens (including phenoxy) is 1. The van der Waals surface area contributed by atoms with E-state index in [4.69, 9.17) is 27.9 Å². The van der Waals surface area contributed by atoms with Gasteiger partial charge in [0.2, 0.25) is 0 Å². The van der Waals surface area contributed by atoms with E-state index >= 15 is 0 Å². The summed E-state index contributed by atoms with van der Waals surface area (Å²) in [5, 5.41) is 6.12. The molecule has 0 radical (unpaired) electrons. The molecule has 20 heteroatoms. The van der Waals surface area contributed by atoms with Crippen LogP contribution in [0.3, 0.4) is 0 Å². The van der Waals surface area contributed by atoms with Gasteiger partial charge in [0.25, 0.3) is 25.8 Å². The van der Waals surface area contributed by atoms with Gasteiger partial charge in [0.1, 0.15) is 4.90 Å². The summed E-state index contributed by atoms with van der Waals surface area (Å²) >= 11 is 13.1. The van der Waals surface area contributed by atoms with E-state index in [1.807, 2.05) is 35.1 Å². The monoisotopic (exact) mass is 1010 g/mol. The van der Waals surface area contributed by atoms with Crippen molar-refractivity contribution in [3.05, 3.63) is 119 Å². The van der Waals surface area contributed by atoms with Crippen molar-refractivity contribution >= 4 is 83.8 Å². The highest BCUT2D eigenvalue weighted by molar-refractivity contribution is 7.99. The van der Waals surface area contributed by atoms with Crippen molar-refractivity contribution in [2.75, 3.05) is 67.7 Å². The highest BCUT2D eigenvalue weighted by atomic mass is 35.5. The number of halogens is 5. The van der Waals surface area contributed by atoms with Crippen LogP contribution < -0.4 is 20.3 Å². The Bertz CT molecular complexity index is 2530. The number of nitrogens with one attached hydrogen (secondary N) is 3. The second kappa shape index (κ2) is 23.5. The number of thioether (sulfide) groups is 1. The first-order valence-electron chi connectivity index (χ1n) is 21.5. The van der Waals surface area contributed by atoms with Crippen LogP contribution >= 0.6 is 35.0 Å². The molecule has 4 aromatic rings. The van der Waals surface area contributed by atoms with Crippen LogP contribution in [0.25, 0.3) is 5.57 Å². The lowest BCUT2D eigenvalue weighted by molar-refractivity contribution is -0.0436. The first-order valence-corrected chi connectivity index (χ1v) is 26.4. The van der Waals surface area contributed by atoms with Crippen LogP contribution in [0.5, 0.6) is 0 Å². The molecule has 0 bridgehead atoms. The molecule has 2 amide bonds. The minimum absolute atomic E-state index is 0.00452. The highest BCUT2D eigenvalue weighted by Crippen LogP contribution is 2.37. The average Bonchev–Trinajstić information content (AvgIpc) is 3.30. The summed E-state index contributed by atoms with van der Waals surface area (Å²) in [7, 11) is -11.0. The van der Waals surface area contributed by atoms with Crippen molar-refractivity contribution in [3.8, 4) is 0 Å². The number of benzene rings is 4. The Morgan fingerprint density at radius 3 is 2.23 bits per heavy atom. The first kappa shape index (κ1) is 50.9. The summed E-state index contributed by atoms with van der Waals surface area (Å²) in [5.74, 6) is -0.445. The lowest BCUT2D eigenvalue weighted by atomic mass is 9.87. The van der Waals surface area contributed by atoms with E-state index in [-0.39, 0.29) is 30.9 Å². The molecular weight excluding hydrogens is 959 g/mol. The number of carbonyl (C=O) groups excluding carboxylic acids is 2. The minimum Gasteiger partial charge on any atom is -0.450 e. The molecule has 1 atom stereocenters. The quantitative estimate of drug-likeness (QED) is 0.0441. The van der Waals surface area contributed by atoms with E-state index in [0.29, 0.717) is 29.8 Å². The SMILES string of the molecule is O=C(NCC[C@H](CSc1ccccc1)Nc1ccc(S(=O)(=O)NC(=O)c2ccc(N3CCN(CC4=C(c5ccc(Cl)cc5)CCCC4)CC3)cc2)cc1S(=O)(=O)C(F)(F)F)OCCCCCl. The molecule has 6 rings (SSSR count). The number of nitrogens with zero attached hydrogens (tertiary/aromatic N) is 2. The number of hydrogen-bond donors (Lipinski definition) is 3. The summed E-state index contributed by atoms with van der Waals surface area (Å²) in [6, 6.07) is 24.8. The predicted molar refractivity (Wildman–Crippen MR) is 255 cm³/mol. The topological polar surface area (TPSA) is 154 Å². The number of hydrogen-bond acceptors (Lipinski definition) is 11. The van der Waals surface area contributed by atoms with Crippen molar-refractivity contribution in [1.82, 2.24) is 14.9 Å². The van der Waals surface area contributed by atoms with Gasteiger partial charge in [-0.1, -0.05) is 47.5 Å². The van der Waals surface area contributed by atoms with E-state index in [1.165, 1.54) is 40.6 Å². The summed E-state index contributed by atoms with van der Waals surface area (Å²) in [6.07, 6.45) is 5.01. The van der Waals surface area contributed by atoms with Crippen LogP contribution in [0.1, 0.15) is 60.9 Å². The Hall–Kier alpha value is -4.46. The predicted octanol–water partition coefficient (Wildman–Crippen LogP) is 9.61. The molecular formula is C46H52Cl2F3N5O7S3. The van der Waals surface area contributed by atoms with E-state index in [1.54, 1.807) is 24.3 Å². The normalized spacial score (nSPS) is 15.6. The number of sulfonamides is 1. The van der Waals surface area contributed by atoms with Crippen LogP contribution in [0.4, 0.5) is 29.3 Å². The summed E-state index contributed by atoms with van der Waals surface area (Å²) in [5.41, 5.74) is -1.48. The Balaban J connectivity index is 1.11. The zero-order chi connectivity index (χ0) is 47.3. The van der Waals surface area contributed by atoms with Gasteiger partial charge in [-0.2, -0.15) is 13.2 Å². The molecule has 0 aromatic heterocycles. The van der Waals surface area contributed by atoms with Gasteiger partial charge in [0.05, 0.1) is 17.2 Å². The molecule has 2 aliphatic rings. The number of sulfone groups is 1. The van der Waals surface area contributed by atoms with Gasteiger partial charge in [-0.05, 0) is 123 Å². The summed E-state index contributed by atoms with van der Waals surface area (Å²) < 4.78 is 103. The van der Waals surface area contributed by atoms with Crippen molar-refractivity contribution in [2.24, 2.45) is 0 Å². The van der Waals surface area contributed by atoms with Crippen molar-refractivity contribution in [1.29, 1.82) is 0 Å². The highest BCUT2D eigenvalue weighted by Gasteiger charge is 2.48. The van der Waals surface area contributed by atoms with Gasteiger partial charge in [0.15, 0.2) is 0 Å². The van der Waals surface area contributed by atoms with Crippen LogP contribution in [0.2, 0.25) is 5.02 Å². The number of allylic oxidation sites excluding steroid dienone is 1. The van der Waals surface area contributed by atoms with Crippen molar-refractivity contribution < 1.29 is 44.3 Å². The largest absolute Gasteiger partial charge is 0.501 e. The van der Waals surface area contributed by atoms with Crippen molar-refractivity contribution in [3.63, 3.8) is 0 Å². The zero-order valence-corrected chi connectivity index (χ0v) is 40.0. The smallest absolute Gasteiger partial charge is 0.450 e. The Kier molecular flexibility index (Phi) is 18.1. The number of rotatable bonds is 20. The maximum atomic E-state index is 14.2. The second-order valence-corrected chi connectivity index (χ2v) is 21.4. The molecule has 0 unspecified atom stereocenters. The maximum Gasteiger partial charge on any atom is 0.501 e. The van der Waals surface area contributed by atoms with Gasteiger partial charge in [0, 0.05) is 78.1 Å². The van der Waals surface area contributed by atoms with Crippen LogP contribution in [-0.4, -0.2) is 103 Å². The van der Waals surface area contributed by atoms with E-state index in [2.05, 4.69) is 32.6 Å². The molecule has 356 valence electrons. The molecule has 0 saturated carbocycles. The van der Waals surface area contributed by atoms with Gasteiger partial charge < -0.3 is 20.3 Å². The number of piperazine rings is 1. The molecule has 3 N–H and O–H groups in total. The number of anilines is 2. The third-order valence-corrected chi connectivity index (χ3v) is 15.8. The van der Waals surface area contributed by atoms with Crippen molar-refractivity contribution in [2.45, 2.75) is 71.2 Å². The number of alkyl halides is 4. The molecule has 1 heterocycles. The number of unbranched alkanes of at least 4 members (excludes halogenated alkanes) is 1. The third-order valence-electron chi connectivity index (χ3n) is 11.2. The molecule has 1 saturated heterocycles. The van der Waals surface area contributed by atoms with E-state index in [0.717, 1.165) is 81.1 Å². The van der Waals surface area contributed by atoms with Gasteiger partial charge >= 0.3 is 11.6 Å². The van der Waals surface area contributed by atoms with Crippen LogP contribution in [-0.2, 0) is 24.6 Å². The maximum absolute atomic E-state index is 14.2. The minimum atomic E-state index is -6.13. The number of carbonyl (C=O) groups is 2. The number of amides is 2. The first-order chi connectivity index (χ1) is 31.5. The molecule has 1 aliphatic carbocycles. The Labute approximate surface area is 398 Å². The number of alkyl carbamates (subject to hydrolysis) is 1. The Morgan fingerprint density at radius 2 is 1.55 bits per heavy atom. The standard InChI is InChI=1S/C46H52Cl2F3N5O7S3/c47-23-6-7-29-63-45(58)52-24-22-37(32-64-39-9-2-1-3-10-39)53-42-21-20-40(30-43(42)65(59,60)46(49,50)51)66(61,62)54-44(57)34-14-18-38(19-15-34)56-27-25-55(26-28-56)31-35-8-4-5-11-41(35)33-12-16-36(48)17-13-33/h1-3,9-10,12-21,30,37,53H,4-8,11,22-29,31-32H2,(H,52,58)(H,54,57)/t37-/m1/s1. The second-order valence-electron chi connectivity index (χ2n) is 15.9. The van der Waals surface area contributed by atoms with Gasteiger partial charge in [-0.15, -0.1) is 23.4 Å². The molecule has 4 aromatic carbocycles. The van der Waals surface area contributed by atoms with Gasteiger partial charge in [-0.3, -0.25) is 9.69 Å². The van der Waals surface area contributed by atoms with E-state index in [9.17, 15) is 39.6 Å². The molecule has 66 heavy (non-hydrogen) atoms. The molecule has 12 nitrogen and oxygen atoms in total. The average molecular weight is 1010 g/mol. The van der Waals surface area contributed by atoms with Crippen LogP contribution in [0.15, 0.2) is 117 Å². The molecule has 1 fully saturated rings. The lowest BCUT2D eigenvalue weighted by Gasteiger charge is -2.37. The lowest BCUT2D eigenvalue weighted by Crippen LogP contribution is -2.47. The van der Waals surface area contributed by atoms with Crippen LogP contribution in [0, 0.1) is 0 Å². The molecule has 0 spiro atoms. The third kappa shape index (κ3) is 14.0. The fourth-order valence-corrected chi connectivity index (χ4v) is 11.0. The summed E-state index contributed by atoms with van der Waals surface area (Å²) in [6.45, 7) is 4.10. The van der Waals surface area contributed by atoms with Gasteiger partial charge in [-0.25, -0.2) is 26.4 Å².